The number of carbonyl (C=O) groups is 2. The van der Waals surface area contributed by atoms with Crippen LogP contribution in [0.15, 0.2) is 48.5 Å². The summed E-state index contributed by atoms with van der Waals surface area (Å²) in [5.41, 5.74) is 0.354. The number of carboxylic acid groups (broad SMARTS) is 1. The Morgan fingerprint density at radius 1 is 1.14 bits per heavy atom. The first kappa shape index (κ1) is 13.4. The molecule has 0 saturated carbocycles. The molecular formula is C17H14O4. The molecule has 0 aromatic heterocycles. The number of benzene rings is 2. The van der Waals surface area contributed by atoms with Crippen molar-refractivity contribution < 1.29 is 19.4 Å². The Hall–Kier alpha value is -2.62. The summed E-state index contributed by atoms with van der Waals surface area (Å²) in [7, 11) is 0. The molecule has 4 heteroatoms. The molecule has 2 aromatic rings. The number of aromatic carboxylic acids is 1. The van der Waals surface area contributed by atoms with Crippen LogP contribution in [-0.4, -0.2) is 16.9 Å². The second-order valence-corrected chi connectivity index (χ2v) is 5.29. The van der Waals surface area contributed by atoms with Crippen LogP contribution >= 0.6 is 0 Å². The molecule has 0 radical (unpaired) electrons. The number of carboxylic acids is 1. The third-order valence-corrected chi connectivity index (χ3v) is 3.76. The van der Waals surface area contributed by atoms with Crippen LogP contribution in [-0.2, 0) is 5.60 Å². The van der Waals surface area contributed by atoms with Gasteiger partial charge in [0.15, 0.2) is 5.78 Å². The van der Waals surface area contributed by atoms with Crippen molar-refractivity contribution in [1.82, 2.24) is 0 Å². The average molecular weight is 282 g/mol. The van der Waals surface area contributed by atoms with Gasteiger partial charge in [-0.15, -0.1) is 0 Å². The highest BCUT2D eigenvalue weighted by molar-refractivity contribution is 6.04. The standard InChI is InChI=1S/C17H14O4/c1-17(11-6-3-2-4-7-11)10-14(18)12-8-5-9-13(16(19)20)15(12)21-17/h2-9H,10H2,1H3,(H,19,20). The molecule has 1 heterocycles. The SMILES string of the molecule is CC1(c2ccccc2)CC(=O)c2cccc(C(=O)O)c2O1. The Balaban J connectivity index is 2.14. The fraction of sp³-hybridized carbons (Fsp3) is 0.176. The third-order valence-electron chi connectivity index (χ3n) is 3.76. The zero-order valence-corrected chi connectivity index (χ0v) is 11.5. The molecule has 0 aliphatic carbocycles. The van der Waals surface area contributed by atoms with Crippen molar-refractivity contribution >= 4 is 11.8 Å². The van der Waals surface area contributed by atoms with E-state index < -0.39 is 11.6 Å². The van der Waals surface area contributed by atoms with Gasteiger partial charge in [0.05, 0.1) is 12.0 Å². The van der Waals surface area contributed by atoms with Crippen molar-refractivity contribution in [3.63, 3.8) is 0 Å². The van der Waals surface area contributed by atoms with Crippen molar-refractivity contribution in [3.8, 4) is 5.75 Å². The highest BCUT2D eigenvalue weighted by Crippen LogP contribution is 2.41. The summed E-state index contributed by atoms with van der Waals surface area (Å²) < 4.78 is 5.97. The number of hydrogen-bond acceptors (Lipinski definition) is 3. The topological polar surface area (TPSA) is 63.6 Å². The predicted octanol–water partition coefficient (Wildman–Crippen LogP) is 3.27. The maximum atomic E-state index is 12.4. The van der Waals surface area contributed by atoms with Gasteiger partial charge in [-0.1, -0.05) is 36.4 Å². The van der Waals surface area contributed by atoms with Crippen LogP contribution in [0.2, 0.25) is 0 Å². The molecule has 0 bridgehead atoms. The Morgan fingerprint density at radius 3 is 2.52 bits per heavy atom. The van der Waals surface area contributed by atoms with Crippen LogP contribution in [0.5, 0.6) is 5.75 Å². The highest BCUT2D eigenvalue weighted by atomic mass is 16.5. The number of rotatable bonds is 2. The minimum Gasteiger partial charge on any atom is -0.481 e. The quantitative estimate of drug-likeness (QED) is 0.918. The number of ketones is 1. The minimum absolute atomic E-state index is 0.0164. The molecule has 21 heavy (non-hydrogen) atoms. The molecule has 0 fully saturated rings. The molecule has 1 unspecified atom stereocenters. The third kappa shape index (κ3) is 2.18. The summed E-state index contributed by atoms with van der Waals surface area (Å²) in [5, 5.41) is 9.28. The van der Waals surface area contributed by atoms with E-state index in [2.05, 4.69) is 0 Å². The van der Waals surface area contributed by atoms with E-state index in [4.69, 9.17) is 4.74 Å². The van der Waals surface area contributed by atoms with Gasteiger partial charge in [0.2, 0.25) is 0 Å². The highest BCUT2D eigenvalue weighted by Gasteiger charge is 2.39. The molecule has 1 aliphatic heterocycles. The van der Waals surface area contributed by atoms with Crippen molar-refractivity contribution in [1.29, 1.82) is 0 Å². The van der Waals surface area contributed by atoms with Crippen molar-refractivity contribution in [3.05, 3.63) is 65.2 Å². The lowest BCUT2D eigenvalue weighted by atomic mass is 9.85. The number of Topliss-reactive ketones (excluding diaryl/α,β-unsaturated/α-hetero) is 1. The second kappa shape index (κ2) is 4.74. The summed E-state index contributed by atoms with van der Waals surface area (Å²) >= 11 is 0. The van der Waals surface area contributed by atoms with Gasteiger partial charge in [0.1, 0.15) is 16.9 Å². The van der Waals surface area contributed by atoms with E-state index in [0.29, 0.717) is 5.56 Å². The molecule has 0 saturated heterocycles. The Morgan fingerprint density at radius 2 is 1.86 bits per heavy atom. The van der Waals surface area contributed by atoms with Crippen LogP contribution < -0.4 is 4.74 Å². The van der Waals surface area contributed by atoms with E-state index >= 15 is 0 Å². The van der Waals surface area contributed by atoms with Gasteiger partial charge in [0, 0.05) is 0 Å². The van der Waals surface area contributed by atoms with Crippen LogP contribution in [0.1, 0.15) is 39.6 Å². The smallest absolute Gasteiger partial charge is 0.339 e. The molecule has 1 aliphatic rings. The molecule has 4 nitrogen and oxygen atoms in total. The molecule has 1 N–H and O–H groups in total. The number of fused-ring (bicyclic) bond motifs is 1. The summed E-state index contributed by atoms with van der Waals surface area (Å²) in [6.07, 6.45) is 0.188. The molecule has 0 spiro atoms. The zero-order chi connectivity index (χ0) is 15.0. The van der Waals surface area contributed by atoms with Gasteiger partial charge in [-0.25, -0.2) is 4.79 Å². The van der Waals surface area contributed by atoms with Gasteiger partial charge in [-0.05, 0) is 24.6 Å². The Bertz CT molecular complexity index is 707. The van der Waals surface area contributed by atoms with Crippen LogP contribution in [0.4, 0.5) is 0 Å². The van der Waals surface area contributed by atoms with Crippen LogP contribution in [0.3, 0.4) is 0 Å². The van der Waals surface area contributed by atoms with Crippen LogP contribution in [0.25, 0.3) is 0 Å². The summed E-state index contributed by atoms with van der Waals surface area (Å²) in [5.74, 6) is -1.05. The van der Waals surface area contributed by atoms with Crippen molar-refractivity contribution in [2.24, 2.45) is 0 Å². The summed E-state index contributed by atoms with van der Waals surface area (Å²) in [6, 6.07) is 14.0. The van der Waals surface area contributed by atoms with E-state index in [1.165, 1.54) is 6.07 Å². The largest absolute Gasteiger partial charge is 0.481 e. The van der Waals surface area contributed by atoms with Crippen LogP contribution in [0, 0.1) is 0 Å². The van der Waals surface area contributed by atoms with Crippen molar-refractivity contribution in [2.75, 3.05) is 0 Å². The lowest BCUT2D eigenvalue weighted by molar-refractivity contribution is 0.0478. The number of carbonyl (C=O) groups excluding carboxylic acids is 1. The van der Waals surface area contributed by atoms with E-state index in [-0.39, 0.29) is 23.5 Å². The fourth-order valence-corrected chi connectivity index (χ4v) is 2.65. The maximum absolute atomic E-state index is 12.4. The van der Waals surface area contributed by atoms with Crippen molar-refractivity contribution in [2.45, 2.75) is 18.9 Å². The van der Waals surface area contributed by atoms with Gasteiger partial charge < -0.3 is 9.84 Å². The predicted molar refractivity (Wildman–Crippen MR) is 76.8 cm³/mol. The maximum Gasteiger partial charge on any atom is 0.339 e. The normalized spacial score (nSPS) is 20.5. The molecule has 3 rings (SSSR count). The molecule has 1 atom stereocenters. The van der Waals surface area contributed by atoms with Gasteiger partial charge in [-0.3, -0.25) is 4.79 Å². The summed E-state index contributed by atoms with van der Waals surface area (Å²) in [6.45, 7) is 1.81. The Kier molecular flexibility index (Phi) is 3.01. The van der Waals surface area contributed by atoms with E-state index in [9.17, 15) is 14.7 Å². The molecule has 106 valence electrons. The minimum atomic E-state index is -1.10. The van der Waals surface area contributed by atoms with E-state index in [1.807, 2.05) is 37.3 Å². The fourth-order valence-electron chi connectivity index (χ4n) is 2.65. The van der Waals surface area contributed by atoms with E-state index in [0.717, 1.165) is 5.56 Å². The first-order chi connectivity index (χ1) is 10.0. The lowest BCUT2D eigenvalue weighted by Crippen LogP contribution is -2.37. The lowest BCUT2D eigenvalue weighted by Gasteiger charge is -2.35. The number of para-hydroxylation sites is 1. The Labute approximate surface area is 122 Å². The monoisotopic (exact) mass is 282 g/mol. The van der Waals surface area contributed by atoms with Gasteiger partial charge in [-0.2, -0.15) is 0 Å². The number of hydrogen-bond donors (Lipinski definition) is 1. The van der Waals surface area contributed by atoms with Gasteiger partial charge in [0.25, 0.3) is 0 Å². The molecule has 2 aromatic carbocycles. The molecular weight excluding hydrogens is 268 g/mol. The first-order valence-electron chi connectivity index (χ1n) is 6.65. The number of ether oxygens (including phenoxy) is 1. The molecule has 0 amide bonds. The summed E-state index contributed by atoms with van der Waals surface area (Å²) in [4.78, 5) is 23.7. The zero-order valence-electron chi connectivity index (χ0n) is 11.5. The average Bonchev–Trinajstić information content (AvgIpc) is 2.47. The first-order valence-corrected chi connectivity index (χ1v) is 6.65. The van der Waals surface area contributed by atoms with Gasteiger partial charge >= 0.3 is 5.97 Å². The second-order valence-electron chi connectivity index (χ2n) is 5.29. The van der Waals surface area contributed by atoms with E-state index in [1.54, 1.807) is 12.1 Å².